The molecular weight excluding hydrogens is 348 g/mol. The molecule has 0 aliphatic rings. The Morgan fingerprint density at radius 2 is 1.73 bits per heavy atom. The van der Waals surface area contributed by atoms with Gasteiger partial charge < -0.3 is 0 Å². The second-order valence-corrected chi connectivity index (χ2v) is 5.90. The normalized spacial score (nSPS) is 11.1. The Morgan fingerprint density at radius 3 is 2.65 bits per heavy atom. The van der Waals surface area contributed by atoms with Gasteiger partial charge >= 0.3 is 0 Å². The number of halogens is 1. The number of pyridine rings is 2. The molecule has 4 heterocycles. The number of nitrogens with zero attached hydrogens (tertiary/aromatic N) is 6. The summed E-state index contributed by atoms with van der Waals surface area (Å²) in [6, 6.07) is 13.8. The van der Waals surface area contributed by atoms with E-state index in [2.05, 4.69) is 25.0 Å². The molecule has 6 nitrogen and oxygen atoms in total. The smallest absolute Gasteiger partial charge is 0.181 e. The number of fused-ring (bicyclic) bond motifs is 4. The first-order valence-corrected chi connectivity index (χ1v) is 8.16. The summed E-state index contributed by atoms with van der Waals surface area (Å²) < 4.78 is 1.79. The molecule has 0 unspecified atom stereocenters. The number of rotatable bonds is 3. The van der Waals surface area contributed by atoms with Crippen LogP contribution in [0.2, 0.25) is 0 Å². The van der Waals surface area contributed by atoms with Gasteiger partial charge in [0.25, 0.3) is 0 Å². The fraction of sp³-hybridized carbons (Fsp3) is 0.105. The average molecular weight is 363 g/mol. The van der Waals surface area contributed by atoms with E-state index >= 15 is 0 Å². The molecule has 0 N–H and O–H groups in total. The second kappa shape index (κ2) is 6.65. The van der Waals surface area contributed by atoms with Crippen molar-refractivity contribution in [3.8, 4) is 0 Å². The lowest BCUT2D eigenvalue weighted by molar-refractivity contribution is 0.820. The predicted molar refractivity (Wildman–Crippen MR) is 102 cm³/mol. The first-order chi connectivity index (χ1) is 12.4. The molecule has 0 aliphatic carbocycles. The molecule has 0 saturated carbocycles. The maximum absolute atomic E-state index is 4.66. The van der Waals surface area contributed by atoms with Crippen molar-refractivity contribution in [3.05, 3.63) is 72.6 Å². The van der Waals surface area contributed by atoms with E-state index in [1.807, 2.05) is 54.9 Å². The molecule has 5 rings (SSSR count). The summed E-state index contributed by atoms with van der Waals surface area (Å²) in [5.41, 5.74) is 4.43. The Kier molecular flexibility index (Phi) is 4.18. The highest BCUT2D eigenvalue weighted by molar-refractivity contribution is 5.89. The summed E-state index contributed by atoms with van der Waals surface area (Å²) in [5, 5.41) is 5.62. The van der Waals surface area contributed by atoms with E-state index in [4.69, 9.17) is 0 Å². The maximum atomic E-state index is 4.66. The summed E-state index contributed by atoms with van der Waals surface area (Å²) in [6.45, 7) is 0. The summed E-state index contributed by atoms with van der Waals surface area (Å²) in [5.74, 6) is 0.785. The molecule has 7 heteroatoms. The van der Waals surface area contributed by atoms with Crippen molar-refractivity contribution in [2.75, 3.05) is 0 Å². The van der Waals surface area contributed by atoms with E-state index in [0.29, 0.717) is 6.42 Å². The third kappa shape index (κ3) is 2.84. The average Bonchev–Trinajstić information content (AvgIpc) is 3.10. The topological polar surface area (TPSA) is 68.9 Å². The number of para-hydroxylation sites is 2. The van der Waals surface area contributed by atoms with Crippen LogP contribution in [-0.2, 0) is 12.8 Å². The van der Waals surface area contributed by atoms with Crippen LogP contribution in [0.25, 0.3) is 27.6 Å². The van der Waals surface area contributed by atoms with Gasteiger partial charge in [-0.15, -0.1) is 12.4 Å². The standard InChI is InChI=1S/C19H14N6.ClH/c1-2-6-16-15(5-1)21-12-14(22-16)7-8-17-23-19-18-13(4-3-10-20-18)9-11-25(19)24-17;/h1-6,9-12H,7-8H2;1H. The highest BCUT2D eigenvalue weighted by atomic mass is 35.5. The van der Waals surface area contributed by atoms with Gasteiger partial charge in [-0.2, -0.15) is 5.10 Å². The molecule has 0 aliphatic heterocycles. The van der Waals surface area contributed by atoms with Crippen LogP contribution in [0, 0.1) is 0 Å². The van der Waals surface area contributed by atoms with Crippen LogP contribution in [-0.4, -0.2) is 29.5 Å². The van der Waals surface area contributed by atoms with Gasteiger partial charge in [0.2, 0.25) is 0 Å². The van der Waals surface area contributed by atoms with Gasteiger partial charge in [0, 0.05) is 30.4 Å². The maximum Gasteiger partial charge on any atom is 0.181 e. The third-order valence-corrected chi connectivity index (χ3v) is 4.22. The van der Waals surface area contributed by atoms with Crippen molar-refractivity contribution in [2.45, 2.75) is 12.8 Å². The molecule has 0 spiro atoms. The molecule has 5 aromatic rings. The van der Waals surface area contributed by atoms with Crippen LogP contribution in [0.15, 0.2) is 61.1 Å². The molecule has 0 fully saturated rings. The van der Waals surface area contributed by atoms with Crippen molar-refractivity contribution >= 4 is 40.0 Å². The minimum absolute atomic E-state index is 0. The van der Waals surface area contributed by atoms with E-state index in [-0.39, 0.29) is 12.4 Å². The zero-order chi connectivity index (χ0) is 16.6. The van der Waals surface area contributed by atoms with Crippen molar-refractivity contribution in [2.24, 2.45) is 0 Å². The highest BCUT2D eigenvalue weighted by Gasteiger charge is 2.09. The van der Waals surface area contributed by atoms with Gasteiger partial charge in [-0.25, -0.2) is 14.5 Å². The lowest BCUT2D eigenvalue weighted by atomic mass is 10.2. The Hall–Kier alpha value is -3.12. The zero-order valence-corrected chi connectivity index (χ0v) is 14.6. The van der Waals surface area contributed by atoms with Gasteiger partial charge in [0.1, 0.15) is 5.52 Å². The molecule has 128 valence electrons. The van der Waals surface area contributed by atoms with Crippen molar-refractivity contribution < 1.29 is 0 Å². The molecule has 4 aromatic heterocycles. The minimum Gasteiger partial charge on any atom is -0.253 e. The fourth-order valence-corrected chi connectivity index (χ4v) is 2.98. The summed E-state index contributed by atoms with van der Waals surface area (Å²) in [6.07, 6.45) is 6.99. The Morgan fingerprint density at radius 1 is 0.846 bits per heavy atom. The molecule has 0 saturated heterocycles. The largest absolute Gasteiger partial charge is 0.253 e. The van der Waals surface area contributed by atoms with Crippen molar-refractivity contribution in [1.82, 2.24) is 29.5 Å². The van der Waals surface area contributed by atoms with E-state index in [9.17, 15) is 0 Å². The number of aryl methyl sites for hydroxylation is 2. The summed E-state index contributed by atoms with van der Waals surface area (Å²) >= 11 is 0. The molecule has 1 aromatic carbocycles. The molecule has 0 radical (unpaired) electrons. The van der Waals surface area contributed by atoms with Crippen LogP contribution >= 0.6 is 12.4 Å². The van der Waals surface area contributed by atoms with Crippen LogP contribution in [0.1, 0.15) is 11.5 Å². The summed E-state index contributed by atoms with van der Waals surface area (Å²) in [7, 11) is 0. The van der Waals surface area contributed by atoms with Crippen molar-refractivity contribution in [3.63, 3.8) is 0 Å². The lowest BCUT2D eigenvalue weighted by Crippen LogP contribution is -1.98. The van der Waals surface area contributed by atoms with Gasteiger partial charge in [0.15, 0.2) is 11.5 Å². The fourth-order valence-electron chi connectivity index (χ4n) is 2.98. The SMILES string of the molecule is Cl.c1cnc2c(c1)ccn1nc(CCc3cnc4ccccc4n3)nc21. The minimum atomic E-state index is 0. The molecular formula is C19H15ClN6. The predicted octanol–water partition coefficient (Wildman–Crippen LogP) is 3.43. The lowest BCUT2D eigenvalue weighted by Gasteiger charge is -2.00. The molecule has 0 atom stereocenters. The van der Waals surface area contributed by atoms with Crippen LogP contribution in [0.4, 0.5) is 0 Å². The molecule has 0 bridgehead atoms. The number of benzene rings is 1. The van der Waals surface area contributed by atoms with Crippen LogP contribution in [0.5, 0.6) is 0 Å². The monoisotopic (exact) mass is 362 g/mol. The molecule has 26 heavy (non-hydrogen) atoms. The Bertz CT molecular complexity index is 1220. The number of hydrogen-bond acceptors (Lipinski definition) is 5. The number of aromatic nitrogens is 6. The van der Waals surface area contributed by atoms with Gasteiger partial charge in [-0.1, -0.05) is 18.2 Å². The van der Waals surface area contributed by atoms with Gasteiger partial charge in [-0.05, 0) is 30.7 Å². The zero-order valence-electron chi connectivity index (χ0n) is 13.8. The Labute approximate surface area is 155 Å². The highest BCUT2D eigenvalue weighted by Crippen LogP contribution is 2.16. The van der Waals surface area contributed by atoms with Gasteiger partial charge in [0.05, 0.1) is 16.7 Å². The first kappa shape index (κ1) is 16.4. The molecule has 0 amide bonds. The summed E-state index contributed by atoms with van der Waals surface area (Å²) in [4.78, 5) is 18.2. The van der Waals surface area contributed by atoms with E-state index in [0.717, 1.165) is 45.5 Å². The number of hydrogen-bond donors (Lipinski definition) is 0. The van der Waals surface area contributed by atoms with E-state index in [1.165, 1.54) is 0 Å². The van der Waals surface area contributed by atoms with E-state index < -0.39 is 0 Å². The van der Waals surface area contributed by atoms with Crippen LogP contribution < -0.4 is 0 Å². The second-order valence-electron chi connectivity index (χ2n) is 5.90. The van der Waals surface area contributed by atoms with Gasteiger partial charge in [-0.3, -0.25) is 9.97 Å². The third-order valence-electron chi connectivity index (χ3n) is 4.22. The quantitative estimate of drug-likeness (QED) is 0.492. The van der Waals surface area contributed by atoms with E-state index in [1.54, 1.807) is 10.7 Å². The Balaban J connectivity index is 0.00000168. The van der Waals surface area contributed by atoms with Crippen LogP contribution in [0.3, 0.4) is 0 Å². The van der Waals surface area contributed by atoms with Crippen molar-refractivity contribution in [1.29, 1.82) is 0 Å². The first-order valence-electron chi connectivity index (χ1n) is 8.16.